The fourth-order valence-electron chi connectivity index (χ4n) is 1.95. The highest BCUT2D eigenvalue weighted by Crippen LogP contribution is 2.23. The van der Waals surface area contributed by atoms with Crippen molar-refractivity contribution in [2.45, 2.75) is 19.4 Å². The van der Waals surface area contributed by atoms with Gasteiger partial charge in [-0.1, -0.05) is 37.3 Å². The summed E-state index contributed by atoms with van der Waals surface area (Å²) in [4.78, 5) is 12.3. The third-order valence-corrected chi connectivity index (χ3v) is 3.05. The number of para-hydroxylation sites is 3. The maximum absolute atomic E-state index is 12.3. The Balaban J connectivity index is 2.06. The second kappa shape index (κ2) is 7.33. The predicted octanol–water partition coefficient (Wildman–Crippen LogP) is 3.49. The summed E-state index contributed by atoms with van der Waals surface area (Å²) in [5, 5.41) is 2.84. The number of amides is 1. The molecule has 0 aliphatic rings. The van der Waals surface area contributed by atoms with Gasteiger partial charge in [0, 0.05) is 0 Å². The molecule has 1 N–H and O–H groups in total. The Bertz CT molecular complexity index is 584. The molecule has 0 aliphatic carbocycles. The summed E-state index contributed by atoms with van der Waals surface area (Å²) >= 11 is 0. The lowest BCUT2D eigenvalue weighted by atomic mass is 10.2. The summed E-state index contributed by atoms with van der Waals surface area (Å²) in [5.41, 5.74) is 0.639. The first kappa shape index (κ1) is 14.9. The van der Waals surface area contributed by atoms with Crippen molar-refractivity contribution in [3.05, 3.63) is 54.6 Å². The van der Waals surface area contributed by atoms with Gasteiger partial charge < -0.3 is 14.8 Å². The first-order valence-corrected chi connectivity index (χ1v) is 6.90. The van der Waals surface area contributed by atoms with E-state index in [1.165, 1.54) is 0 Å². The third kappa shape index (κ3) is 3.99. The number of hydrogen-bond acceptors (Lipinski definition) is 3. The lowest BCUT2D eigenvalue weighted by Crippen LogP contribution is -2.32. The van der Waals surface area contributed by atoms with Crippen LogP contribution in [0.15, 0.2) is 54.6 Å². The first-order valence-electron chi connectivity index (χ1n) is 6.90. The Kier molecular flexibility index (Phi) is 5.21. The second-order valence-electron chi connectivity index (χ2n) is 4.52. The Morgan fingerprint density at radius 1 is 1.10 bits per heavy atom. The molecule has 4 heteroatoms. The molecule has 0 heterocycles. The number of nitrogens with one attached hydrogen (secondary N) is 1. The van der Waals surface area contributed by atoms with E-state index >= 15 is 0 Å². The number of ether oxygens (including phenoxy) is 2. The number of hydrogen-bond donors (Lipinski definition) is 1. The Labute approximate surface area is 124 Å². The summed E-state index contributed by atoms with van der Waals surface area (Å²) in [5.74, 6) is 1.12. The molecule has 1 amide bonds. The highest BCUT2D eigenvalue weighted by atomic mass is 16.5. The van der Waals surface area contributed by atoms with E-state index in [4.69, 9.17) is 9.47 Å². The molecule has 0 bridgehead atoms. The van der Waals surface area contributed by atoms with Crippen molar-refractivity contribution in [3.63, 3.8) is 0 Å². The van der Waals surface area contributed by atoms with Crippen molar-refractivity contribution >= 4 is 11.6 Å². The molecule has 0 aliphatic heterocycles. The average molecular weight is 285 g/mol. The van der Waals surface area contributed by atoms with Crippen LogP contribution in [0.3, 0.4) is 0 Å². The quantitative estimate of drug-likeness (QED) is 0.883. The number of carbonyl (C=O) groups excluding carboxylic acids is 1. The van der Waals surface area contributed by atoms with E-state index in [9.17, 15) is 4.79 Å². The van der Waals surface area contributed by atoms with Gasteiger partial charge in [0.05, 0.1) is 12.8 Å². The standard InChI is InChI=1S/C17H19NO3/c1-3-15(21-13-9-5-4-6-10-13)17(19)18-14-11-7-8-12-16(14)20-2/h4-12,15H,3H2,1-2H3,(H,18,19)/t15-/m1/s1. The molecule has 0 saturated carbocycles. The van der Waals surface area contributed by atoms with Crippen LogP contribution in [0, 0.1) is 0 Å². The van der Waals surface area contributed by atoms with Crippen molar-refractivity contribution in [2.75, 3.05) is 12.4 Å². The topological polar surface area (TPSA) is 47.6 Å². The lowest BCUT2D eigenvalue weighted by molar-refractivity contribution is -0.122. The van der Waals surface area contributed by atoms with Crippen molar-refractivity contribution in [1.82, 2.24) is 0 Å². The molecule has 0 saturated heterocycles. The molecule has 0 spiro atoms. The lowest BCUT2D eigenvalue weighted by Gasteiger charge is -2.18. The number of anilines is 1. The molecule has 0 unspecified atom stereocenters. The monoisotopic (exact) mass is 285 g/mol. The van der Waals surface area contributed by atoms with E-state index in [1.54, 1.807) is 19.2 Å². The van der Waals surface area contributed by atoms with Crippen LogP contribution in [-0.2, 0) is 4.79 Å². The van der Waals surface area contributed by atoms with Crippen molar-refractivity contribution in [3.8, 4) is 11.5 Å². The predicted molar refractivity (Wildman–Crippen MR) is 82.8 cm³/mol. The van der Waals surface area contributed by atoms with Crippen LogP contribution in [0.25, 0.3) is 0 Å². The SMILES string of the molecule is CC[C@@H](Oc1ccccc1)C(=O)Nc1ccccc1OC. The van der Waals surface area contributed by atoms with E-state index in [2.05, 4.69) is 5.32 Å². The average Bonchev–Trinajstić information content (AvgIpc) is 2.54. The first-order chi connectivity index (χ1) is 10.2. The maximum atomic E-state index is 12.3. The van der Waals surface area contributed by atoms with Gasteiger partial charge in [-0.15, -0.1) is 0 Å². The number of rotatable bonds is 6. The molecule has 0 aromatic heterocycles. The largest absolute Gasteiger partial charge is 0.495 e. The molecular formula is C17H19NO3. The van der Waals surface area contributed by atoms with Crippen LogP contribution in [-0.4, -0.2) is 19.1 Å². The van der Waals surface area contributed by atoms with E-state index in [0.29, 0.717) is 23.6 Å². The zero-order valence-electron chi connectivity index (χ0n) is 12.2. The van der Waals surface area contributed by atoms with E-state index in [0.717, 1.165) is 0 Å². The summed E-state index contributed by atoms with van der Waals surface area (Å²) in [6.45, 7) is 1.91. The minimum absolute atomic E-state index is 0.189. The fourth-order valence-corrected chi connectivity index (χ4v) is 1.95. The van der Waals surface area contributed by atoms with E-state index in [-0.39, 0.29) is 5.91 Å². The van der Waals surface area contributed by atoms with Crippen LogP contribution >= 0.6 is 0 Å². The number of methoxy groups -OCH3 is 1. The molecule has 2 rings (SSSR count). The molecule has 0 radical (unpaired) electrons. The minimum atomic E-state index is -0.544. The van der Waals surface area contributed by atoms with Gasteiger partial charge in [-0.2, -0.15) is 0 Å². The fraction of sp³-hybridized carbons (Fsp3) is 0.235. The second-order valence-corrected chi connectivity index (χ2v) is 4.52. The van der Waals surface area contributed by atoms with Crippen LogP contribution < -0.4 is 14.8 Å². The summed E-state index contributed by atoms with van der Waals surface area (Å²) < 4.78 is 10.9. The number of carbonyl (C=O) groups is 1. The zero-order chi connectivity index (χ0) is 15.1. The zero-order valence-corrected chi connectivity index (χ0v) is 12.2. The van der Waals surface area contributed by atoms with Crippen molar-refractivity contribution in [2.24, 2.45) is 0 Å². The van der Waals surface area contributed by atoms with Crippen LogP contribution in [0.1, 0.15) is 13.3 Å². The maximum Gasteiger partial charge on any atom is 0.265 e. The Hall–Kier alpha value is -2.49. The summed E-state index contributed by atoms with van der Waals surface area (Å²) in [6.07, 6.45) is 0.0351. The van der Waals surface area contributed by atoms with Gasteiger partial charge in [0.2, 0.25) is 0 Å². The number of benzene rings is 2. The molecular weight excluding hydrogens is 266 g/mol. The van der Waals surface area contributed by atoms with Gasteiger partial charge in [-0.05, 0) is 30.7 Å². The smallest absolute Gasteiger partial charge is 0.265 e. The van der Waals surface area contributed by atoms with Gasteiger partial charge in [0.15, 0.2) is 6.10 Å². The van der Waals surface area contributed by atoms with Crippen LogP contribution in [0.5, 0.6) is 11.5 Å². The summed E-state index contributed by atoms with van der Waals surface area (Å²) in [6, 6.07) is 16.6. The minimum Gasteiger partial charge on any atom is -0.495 e. The van der Waals surface area contributed by atoms with Gasteiger partial charge >= 0.3 is 0 Å². The van der Waals surface area contributed by atoms with Crippen LogP contribution in [0.4, 0.5) is 5.69 Å². The highest BCUT2D eigenvalue weighted by molar-refractivity contribution is 5.95. The van der Waals surface area contributed by atoms with Gasteiger partial charge in [-0.3, -0.25) is 4.79 Å². The van der Waals surface area contributed by atoms with Crippen LogP contribution in [0.2, 0.25) is 0 Å². The van der Waals surface area contributed by atoms with E-state index in [1.807, 2.05) is 49.4 Å². The molecule has 110 valence electrons. The van der Waals surface area contributed by atoms with Crippen molar-refractivity contribution in [1.29, 1.82) is 0 Å². The summed E-state index contributed by atoms with van der Waals surface area (Å²) in [7, 11) is 1.57. The molecule has 0 fully saturated rings. The molecule has 2 aromatic carbocycles. The highest BCUT2D eigenvalue weighted by Gasteiger charge is 2.19. The molecule has 2 aromatic rings. The normalized spacial score (nSPS) is 11.5. The van der Waals surface area contributed by atoms with E-state index < -0.39 is 6.10 Å². The Morgan fingerprint density at radius 3 is 2.43 bits per heavy atom. The van der Waals surface area contributed by atoms with Gasteiger partial charge in [0.25, 0.3) is 5.91 Å². The van der Waals surface area contributed by atoms with Crippen molar-refractivity contribution < 1.29 is 14.3 Å². The molecule has 4 nitrogen and oxygen atoms in total. The molecule has 1 atom stereocenters. The van der Waals surface area contributed by atoms with Gasteiger partial charge in [-0.25, -0.2) is 0 Å². The molecule has 21 heavy (non-hydrogen) atoms. The third-order valence-electron chi connectivity index (χ3n) is 3.05. The van der Waals surface area contributed by atoms with Gasteiger partial charge in [0.1, 0.15) is 11.5 Å². The Morgan fingerprint density at radius 2 is 1.76 bits per heavy atom.